The van der Waals surface area contributed by atoms with Gasteiger partial charge in [0, 0.05) is 49.8 Å². The summed E-state index contributed by atoms with van der Waals surface area (Å²) in [4.78, 5) is 34.7. The molecule has 1 fully saturated rings. The fourth-order valence-corrected chi connectivity index (χ4v) is 5.93. The number of hydrogen-bond donors (Lipinski definition) is 2. The summed E-state index contributed by atoms with van der Waals surface area (Å²) in [5.41, 5.74) is 4.34. The van der Waals surface area contributed by atoms with Gasteiger partial charge in [-0.3, -0.25) is 9.78 Å². The molecule has 38 heavy (non-hydrogen) atoms. The molecule has 1 atom stereocenters. The van der Waals surface area contributed by atoms with Crippen molar-refractivity contribution in [2.45, 2.75) is 44.2 Å². The number of benzene rings is 2. The lowest BCUT2D eigenvalue weighted by Gasteiger charge is -2.38. The number of nitrogens with one attached hydrogen (secondary N) is 2. The van der Waals surface area contributed by atoms with Crippen molar-refractivity contribution >= 4 is 46.5 Å². The molecule has 1 aliphatic heterocycles. The number of anilines is 2. The van der Waals surface area contributed by atoms with E-state index in [0.717, 1.165) is 56.3 Å². The van der Waals surface area contributed by atoms with Gasteiger partial charge in [0.25, 0.3) is 5.91 Å². The van der Waals surface area contributed by atoms with Crippen LogP contribution in [0.2, 0.25) is 10.0 Å². The van der Waals surface area contributed by atoms with Crippen LogP contribution in [-0.4, -0.2) is 48.0 Å². The molecule has 2 N–H and O–H groups in total. The average Bonchev–Trinajstić information content (AvgIpc) is 2.95. The first-order valence-electron chi connectivity index (χ1n) is 13.0. The maximum Gasteiger partial charge on any atom is 0.319 e. The van der Waals surface area contributed by atoms with Crippen molar-refractivity contribution in [2.24, 2.45) is 0 Å². The number of carbonyl (C=O) groups excluding carboxylic acids is 2. The Labute approximate surface area is 233 Å². The highest BCUT2D eigenvalue weighted by Crippen LogP contribution is 2.33. The molecule has 2 heterocycles. The predicted octanol–water partition coefficient (Wildman–Crippen LogP) is 6.33. The summed E-state index contributed by atoms with van der Waals surface area (Å²) in [5, 5.41) is 6.58. The Morgan fingerprint density at radius 2 is 1.71 bits per heavy atom. The third-order valence-electron chi connectivity index (χ3n) is 7.57. The molecule has 1 saturated heterocycles. The van der Waals surface area contributed by atoms with Crippen molar-refractivity contribution in [1.29, 1.82) is 0 Å². The molecule has 2 aromatic carbocycles. The lowest BCUT2D eigenvalue weighted by atomic mass is 9.86. The fourth-order valence-electron chi connectivity index (χ4n) is 5.44. The molecule has 0 saturated carbocycles. The molecule has 0 bridgehead atoms. The number of hydrogen-bond acceptors (Lipinski definition) is 4. The molecule has 5 rings (SSSR count). The Morgan fingerprint density at radius 1 is 1.00 bits per heavy atom. The number of pyridine rings is 1. The third kappa shape index (κ3) is 5.74. The van der Waals surface area contributed by atoms with E-state index in [1.165, 1.54) is 5.69 Å². The highest BCUT2D eigenvalue weighted by atomic mass is 35.5. The molecular weight excluding hydrogens is 521 g/mol. The second-order valence-electron chi connectivity index (χ2n) is 9.89. The summed E-state index contributed by atoms with van der Waals surface area (Å²) in [6.07, 6.45) is 8.10. The number of rotatable bonds is 5. The van der Waals surface area contributed by atoms with Gasteiger partial charge < -0.3 is 20.4 Å². The van der Waals surface area contributed by atoms with E-state index in [1.807, 2.05) is 54.7 Å². The van der Waals surface area contributed by atoms with Crippen LogP contribution >= 0.6 is 23.2 Å². The molecule has 1 aliphatic carbocycles. The van der Waals surface area contributed by atoms with Gasteiger partial charge in [0.1, 0.15) is 0 Å². The van der Waals surface area contributed by atoms with Crippen LogP contribution in [0.15, 0.2) is 60.9 Å². The lowest BCUT2D eigenvalue weighted by Crippen LogP contribution is -2.45. The van der Waals surface area contributed by atoms with E-state index in [0.29, 0.717) is 21.3 Å². The van der Waals surface area contributed by atoms with Crippen molar-refractivity contribution in [3.8, 4) is 0 Å². The van der Waals surface area contributed by atoms with Crippen molar-refractivity contribution in [1.82, 2.24) is 15.2 Å². The maximum atomic E-state index is 13.5. The molecule has 7 nitrogen and oxygen atoms in total. The number of aromatic nitrogens is 1. The smallest absolute Gasteiger partial charge is 0.319 e. The molecule has 3 amide bonds. The first-order chi connectivity index (χ1) is 18.4. The van der Waals surface area contributed by atoms with E-state index in [4.69, 9.17) is 23.2 Å². The van der Waals surface area contributed by atoms with Crippen molar-refractivity contribution in [3.63, 3.8) is 0 Å². The number of carbonyl (C=O) groups is 2. The fraction of sp³-hybridized carbons (Fsp3) is 0.345. The van der Waals surface area contributed by atoms with E-state index in [9.17, 15) is 9.59 Å². The Kier molecular flexibility index (Phi) is 8.05. The number of halogens is 2. The van der Waals surface area contributed by atoms with Crippen LogP contribution in [0.3, 0.4) is 0 Å². The van der Waals surface area contributed by atoms with Crippen molar-refractivity contribution in [3.05, 3.63) is 87.7 Å². The van der Waals surface area contributed by atoms with E-state index < -0.39 is 0 Å². The standard InChI is InChI=1S/C29H31Cl2N5O2/c1-35(21-12-16-36(17-13-21)22-10-14-32-15-11-22)28(37)20-9-8-19-4-2-7-26(23(19)18-20)33-29(38)34-27-24(30)5-3-6-25(27)31/h3,5-6,8-11,14-15,18,21,26H,2,4,7,12-13,16-17H2,1H3,(H2,33,34,38). The summed E-state index contributed by atoms with van der Waals surface area (Å²) in [7, 11) is 1.89. The van der Waals surface area contributed by atoms with Crippen LogP contribution in [0.4, 0.5) is 16.2 Å². The Hall–Kier alpha value is -3.29. The first-order valence-corrected chi connectivity index (χ1v) is 13.7. The summed E-state index contributed by atoms with van der Waals surface area (Å²) >= 11 is 12.4. The number of aryl methyl sites for hydroxylation is 1. The monoisotopic (exact) mass is 551 g/mol. The Morgan fingerprint density at radius 3 is 2.42 bits per heavy atom. The highest BCUT2D eigenvalue weighted by Gasteiger charge is 2.28. The quantitative estimate of drug-likeness (QED) is 0.388. The molecule has 3 aromatic rings. The van der Waals surface area contributed by atoms with E-state index in [1.54, 1.807) is 18.2 Å². The summed E-state index contributed by atoms with van der Waals surface area (Å²) in [6, 6.07) is 14.6. The molecule has 2 aliphatic rings. The summed E-state index contributed by atoms with van der Waals surface area (Å²) in [5.74, 6) is 0.00628. The van der Waals surface area contributed by atoms with Gasteiger partial charge in [-0.1, -0.05) is 35.3 Å². The van der Waals surface area contributed by atoms with Gasteiger partial charge in [-0.05, 0) is 79.6 Å². The largest absolute Gasteiger partial charge is 0.371 e. The average molecular weight is 553 g/mol. The number of nitrogens with zero attached hydrogens (tertiary/aromatic N) is 3. The van der Waals surface area contributed by atoms with Crippen LogP contribution in [0.25, 0.3) is 0 Å². The maximum absolute atomic E-state index is 13.5. The van der Waals surface area contributed by atoms with Gasteiger partial charge in [-0.2, -0.15) is 0 Å². The molecule has 0 radical (unpaired) electrons. The van der Waals surface area contributed by atoms with Crippen LogP contribution in [0.5, 0.6) is 0 Å². The van der Waals surface area contributed by atoms with Gasteiger partial charge >= 0.3 is 6.03 Å². The third-order valence-corrected chi connectivity index (χ3v) is 8.20. The number of piperidine rings is 1. The molecular formula is C29H31Cl2N5O2. The minimum atomic E-state index is -0.382. The van der Waals surface area contributed by atoms with Gasteiger partial charge in [0.2, 0.25) is 0 Å². The number of fused-ring (bicyclic) bond motifs is 1. The normalized spacial score (nSPS) is 17.4. The van der Waals surface area contributed by atoms with Gasteiger partial charge in [0.15, 0.2) is 0 Å². The molecule has 198 valence electrons. The lowest BCUT2D eigenvalue weighted by molar-refractivity contribution is 0.0709. The van der Waals surface area contributed by atoms with Crippen LogP contribution < -0.4 is 15.5 Å². The predicted molar refractivity (Wildman–Crippen MR) is 152 cm³/mol. The molecule has 1 aromatic heterocycles. The van der Waals surface area contributed by atoms with Crippen LogP contribution in [0, 0.1) is 0 Å². The molecule has 1 unspecified atom stereocenters. The number of amides is 3. The Balaban J connectivity index is 1.25. The minimum Gasteiger partial charge on any atom is -0.371 e. The van der Waals surface area contributed by atoms with E-state index in [-0.39, 0.29) is 24.0 Å². The van der Waals surface area contributed by atoms with Gasteiger partial charge in [0.05, 0.1) is 21.8 Å². The first kappa shape index (κ1) is 26.3. The second-order valence-corrected chi connectivity index (χ2v) is 10.7. The highest BCUT2D eigenvalue weighted by molar-refractivity contribution is 6.39. The topological polar surface area (TPSA) is 77.6 Å². The molecule has 9 heteroatoms. The molecule has 0 spiro atoms. The second kappa shape index (κ2) is 11.6. The van der Waals surface area contributed by atoms with E-state index >= 15 is 0 Å². The minimum absolute atomic E-state index is 0.00628. The Bertz CT molecular complexity index is 1290. The van der Waals surface area contributed by atoms with Gasteiger partial charge in [-0.25, -0.2) is 4.79 Å². The van der Waals surface area contributed by atoms with Crippen molar-refractivity contribution < 1.29 is 9.59 Å². The number of urea groups is 1. The number of para-hydroxylation sites is 1. The van der Waals surface area contributed by atoms with E-state index in [2.05, 4.69) is 20.5 Å². The van der Waals surface area contributed by atoms with Crippen molar-refractivity contribution in [2.75, 3.05) is 30.4 Å². The zero-order chi connectivity index (χ0) is 26.6. The summed E-state index contributed by atoms with van der Waals surface area (Å²) in [6.45, 7) is 1.79. The zero-order valence-electron chi connectivity index (χ0n) is 21.3. The van der Waals surface area contributed by atoms with Crippen LogP contribution in [0.1, 0.15) is 53.2 Å². The zero-order valence-corrected chi connectivity index (χ0v) is 22.8. The SMILES string of the molecule is CN(C(=O)c1ccc2c(c1)C(NC(=O)Nc1c(Cl)cccc1Cl)CCC2)C1CCN(c2ccncc2)CC1. The van der Waals surface area contributed by atoms with Gasteiger partial charge in [-0.15, -0.1) is 0 Å². The van der Waals surface area contributed by atoms with Crippen LogP contribution in [-0.2, 0) is 6.42 Å². The summed E-state index contributed by atoms with van der Waals surface area (Å²) < 4.78 is 0.